The summed E-state index contributed by atoms with van der Waals surface area (Å²) in [4.78, 5) is 50.0. The second kappa shape index (κ2) is 44.5. The van der Waals surface area contributed by atoms with Gasteiger partial charge in [-0.3, -0.25) is 0 Å². The Morgan fingerprint density at radius 1 is 0.101 bits per heavy atom. The predicted octanol–water partition coefficient (Wildman–Crippen LogP) is 36.1. The number of aromatic nitrogens is 10. The Bertz CT molecular complexity index is 8040. The molecule has 149 heavy (non-hydrogen) atoms. The molecule has 21 aromatic rings. The summed E-state index contributed by atoms with van der Waals surface area (Å²) < 4.78 is 0. The van der Waals surface area contributed by atoms with Gasteiger partial charge in [0.25, 0.3) is 0 Å². The van der Waals surface area contributed by atoms with E-state index >= 15 is 0 Å². The molecular formula is C139H128N10. The minimum atomic E-state index is 0.672. The van der Waals surface area contributed by atoms with Crippen molar-refractivity contribution in [2.45, 2.75) is 159 Å². The quantitative estimate of drug-likeness (QED) is 0.0869. The number of hydrogen-bond acceptors (Lipinski definition) is 10. The van der Waals surface area contributed by atoms with Gasteiger partial charge in [-0.05, 0) is 359 Å². The molecule has 4 heterocycles. The predicted molar refractivity (Wildman–Crippen MR) is 625 cm³/mol. The van der Waals surface area contributed by atoms with Gasteiger partial charge in [0.2, 0.25) is 0 Å². The highest BCUT2D eigenvalue weighted by molar-refractivity contribution is 5.84. The fourth-order valence-corrected chi connectivity index (χ4v) is 19.1. The molecule has 0 bridgehead atoms. The standard InChI is InChI=1S/C42H41N3.C40H37N3.C32H28N2.C25H22N2/c1-24-10-14-33(15-11-24)40-43-41(36-20-29(6)38(30(7)21-36)34-16-12-25(2)27(4)18-34)45-42(44-40)37-22-31(8)39(32(9)23-37)35-17-13-26(3)28(5)19-35;1-24-8-12-31(13-9-24)38-41-39(34-16-18-36(29(6)22-34)32-14-10-25(2)27(4)20-32)43-40(42-38)35-17-19-37(30(7)23-35)33-15-11-26(3)28(5)21-33;1-21-5-11-25(12-6-21)28-17-24(4)18-29(19-28)32-33-30(26-13-7-22(2)8-14-26)20-31(34-32)27-15-9-23(3)10-16-27;1-17-4-10-20(11-5-17)23-16-24(21-12-6-18(2)7-13-21)27-25(26-23)22-14-8-19(3)9-15-22/h10-23H,1-9H3;8-23H,1-7H3;5-20H,1-4H3;4-16H,1-3H3. The summed E-state index contributed by atoms with van der Waals surface area (Å²) in [5.41, 5.74) is 57.0. The van der Waals surface area contributed by atoms with Crippen molar-refractivity contribution in [3.05, 3.63) is 486 Å². The van der Waals surface area contributed by atoms with Crippen molar-refractivity contribution in [2.75, 3.05) is 0 Å². The fourth-order valence-electron chi connectivity index (χ4n) is 19.1. The molecule has 0 amide bonds. The van der Waals surface area contributed by atoms with E-state index in [2.05, 4.69) is 517 Å². The van der Waals surface area contributed by atoms with E-state index in [-0.39, 0.29) is 0 Å². The summed E-state index contributed by atoms with van der Waals surface area (Å²) in [6.45, 7) is 49.3. The van der Waals surface area contributed by atoms with E-state index in [1.54, 1.807) is 0 Å². The second-order valence-electron chi connectivity index (χ2n) is 40.8. The van der Waals surface area contributed by atoms with E-state index in [4.69, 9.17) is 49.8 Å². The van der Waals surface area contributed by atoms with Gasteiger partial charge in [0, 0.05) is 66.8 Å². The van der Waals surface area contributed by atoms with E-state index in [1.165, 1.54) is 184 Å². The molecule has 0 fully saturated rings. The normalized spacial score (nSPS) is 11.1. The topological polar surface area (TPSA) is 129 Å². The SMILES string of the molecule is Cc1ccc(-c2cc(-c3ccc(C)cc3)nc(-c3ccc(C)cc3)n2)cc1.Cc1ccc(-c2cc(C)cc(-c3nc(-c4ccc(C)cc4)cc(-c4ccc(C)cc4)n3)c2)cc1.Cc1ccc(-c2nc(-c3cc(C)c(-c4ccc(C)c(C)c4)c(C)c3)nc(-c3cc(C)c(-c4ccc(C)c(C)c4)c(C)c3)n2)cc1.Cc1ccc(-c2nc(-c3ccc(-c4ccc(C)c(C)c4)c(C)c3)nc(-c3ccc(-c4ccc(C)c(C)c4)c(C)c3)n2)cc1. The van der Waals surface area contributed by atoms with Gasteiger partial charge in [0.15, 0.2) is 46.6 Å². The maximum absolute atomic E-state index is 5.12. The van der Waals surface area contributed by atoms with Crippen LogP contribution >= 0.6 is 0 Å². The maximum atomic E-state index is 5.12. The van der Waals surface area contributed by atoms with Crippen LogP contribution < -0.4 is 0 Å². The molecule has 21 rings (SSSR count). The van der Waals surface area contributed by atoms with Crippen LogP contribution in [0.3, 0.4) is 0 Å². The smallest absolute Gasteiger partial charge is 0.164 e. The largest absolute Gasteiger partial charge is 0.228 e. The third kappa shape index (κ3) is 24.0. The van der Waals surface area contributed by atoms with Gasteiger partial charge < -0.3 is 0 Å². The summed E-state index contributed by atoms with van der Waals surface area (Å²) in [6.07, 6.45) is 0. The molecule has 0 atom stereocenters. The van der Waals surface area contributed by atoms with Crippen LogP contribution in [-0.2, 0) is 0 Å². The molecule has 0 saturated heterocycles. The lowest BCUT2D eigenvalue weighted by molar-refractivity contribution is 1.07. The molecule has 4 aromatic heterocycles. The van der Waals surface area contributed by atoms with Crippen LogP contribution in [0.1, 0.15) is 128 Å². The zero-order chi connectivity index (χ0) is 105. The van der Waals surface area contributed by atoms with Crippen LogP contribution in [0.15, 0.2) is 358 Å². The Balaban J connectivity index is 0.000000132. The number of aryl methyl sites for hydroxylation is 23. The zero-order valence-corrected chi connectivity index (χ0v) is 90.0. The Morgan fingerprint density at radius 3 is 0.557 bits per heavy atom. The maximum Gasteiger partial charge on any atom is 0.164 e. The molecule has 734 valence electrons. The average Bonchev–Trinajstić information content (AvgIpc) is 0.755. The highest BCUT2D eigenvalue weighted by atomic mass is 15.0. The number of rotatable bonds is 17. The number of benzene rings is 17. The van der Waals surface area contributed by atoms with Gasteiger partial charge in [-0.1, -0.05) is 342 Å². The lowest BCUT2D eigenvalue weighted by Crippen LogP contribution is -2.02. The number of hydrogen-bond donors (Lipinski definition) is 0. The first-order chi connectivity index (χ1) is 71.7. The van der Waals surface area contributed by atoms with Crippen LogP contribution in [-0.4, -0.2) is 49.8 Å². The van der Waals surface area contributed by atoms with Gasteiger partial charge in [0.1, 0.15) is 0 Å². The Labute approximate surface area is 880 Å². The molecule has 0 aliphatic heterocycles. The van der Waals surface area contributed by atoms with E-state index in [0.717, 1.165) is 101 Å². The first kappa shape index (κ1) is 102. The van der Waals surface area contributed by atoms with E-state index in [0.29, 0.717) is 34.9 Å². The molecule has 0 radical (unpaired) electrons. The minimum absolute atomic E-state index is 0.672. The second-order valence-corrected chi connectivity index (χ2v) is 40.8. The first-order valence-electron chi connectivity index (χ1n) is 51.4. The average molecular weight is 1940 g/mol. The van der Waals surface area contributed by atoms with Gasteiger partial charge >= 0.3 is 0 Å². The van der Waals surface area contributed by atoms with Gasteiger partial charge in [-0.2, -0.15) is 0 Å². The van der Waals surface area contributed by atoms with Crippen molar-refractivity contribution in [3.63, 3.8) is 0 Å². The molecular weight excluding hydrogens is 1810 g/mol. The summed E-state index contributed by atoms with van der Waals surface area (Å²) in [5, 5.41) is 0. The summed E-state index contributed by atoms with van der Waals surface area (Å²) in [6, 6.07) is 127. The van der Waals surface area contributed by atoms with E-state index < -0.39 is 0 Å². The van der Waals surface area contributed by atoms with Crippen LogP contribution in [0.25, 0.3) is 192 Å². The highest BCUT2D eigenvalue weighted by Crippen LogP contribution is 2.41. The first-order valence-corrected chi connectivity index (χ1v) is 51.4. The third-order valence-corrected chi connectivity index (χ3v) is 28.5. The van der Waals surface area contributed by atoms with Crippen LogP contribution in [0.4, 0.5) is 0 Å². The fraction of sp³-hybridized carbons (Fsp3) is 0.165. The molecule has 10 nitrogen and oxygen atoms in total. The van der Waals surface area contributed by atoms with Crippen molar-refractivity contribution < 1.29 is 0 Å². The molecule has 10 heteroatoms. The minimum Gasteiger partial charge on any atom is -0.228 e. The molecule has 0 aliphatic carbocycles. The van der Waals surface area contributed by atoms with Crippen LogP contribution in [0.2, 0.25) is 0 Å². The van der Waals surface area contributed by atoms with Crippen LogP contribution in [0.5, 0.6) is 0 Å². The van der Waals surface area contributed by atoms with E-state index in [9.17, 15) is 0 Å². The Kier molecular flexibility index (Phi) is 30.4. The van der Waals surface area contributed by atoms with Crippen LogP contribution in [0, 0.1) is 159 Å². The van der Waals surface area contributed by atoms with Gasteiger partial charge in [-0.25, -0.2) is 49.8 Å². The zero-order valence-electron chi connectivity index (χ0n) is 90.0. The Morgan fingerprint density at radius 2 is 0.289 bits per heavy atom. The van der Waals surface area contributed by atoms with Crippen molar-refractivity contribution in [1.29, 1.82) is 0 Å². The Hall–Kier alpha value is -17.1. The lowest BCUT2D eigenvalue weighted by atomic mass is 9.91. The van der Waals surface area contributed by atoms with E-state index in [1.807, 2.05) is 0 Å². The highest BCUT2D eigenvalue weighted by Gasteiger charge is 2.23. The molecule has 0 unspecified atom stereocenters. The molecule has 17 aromatic carbocycles. The lowest BCUT2D eigenvalue weighted by Gasteiger charge is -2.16. The monoisotopic (exact) mass is 1940 g/mol. The molecule has 0 aliphatic rings. The van der Waals surface area contributed by atoms with Gasteiger partial charge in [-0.15, -0.1) is 0 Å². The summed E-state index contributed by atoms with van der Waals surface area (Å²) in [7, 11) is 0. The van der Waals surface area contributed by atoms with Crippen molar-refractivity contribution in [3.8, 4) is 192 Å². The summed E-state index contributed by atoms with van der Waals surface area (Å²) >= 11 is 0. The van der Waals surface area contributed by atoms with Crippen molar-refractivity contribution in [2.24, 2.45) is 0 Å². The van der Waals surface area contributed by atoms with Gasteiger partial charge in [0.05, 0.1) is 22.8 Å². The number of nitrogens with zero attached hydrogens (tertiary/aromatic N) is 10. The molecule has 0 saturated carbocycles. The van der Waals surface area contributed by atoms with Crippen molar-refractivity contribution >= 4 is 0 Å². The molecule has 0 spiro atoms. The van der Waals surface area contributed by atoms with Crippen molar-refractivity contribution in [1.82, 2.24) is 49.8 Å². The third-order valence-electron chi connectivity index (χ3n) is 28.5. The molecule has 0 N–H and O–H groups in total. The summed E-state index contributed by atoms with van der Waals surface area (Å²) in [5.74, 6) is 5.56.